The van der Waals surface area contributed by atoms with Crippen molar-refractivity contribution in [1.29, 1.82) is 0 Å². The van der Waals surface area contributed by atoms with E-state index in [1.807, 2.05) is 13.8 Å². The van der Waals surface area contributed by atoms with Gasteiger partial charge in [-0.15, -0.1) is 0 Å². The number of hydrogen-bond donors (Lipinski definition) is 1. The smallest absolute Gasteiger partial charge is 0.314 e. The number of ether oxygens (including phenoxy) is 2. The lowest BCUT2D eigenvalue weighted by Gasteiger charge is -2.39. The second-order valence-corrected chi connectivity index (χ2v) is 5.83. The van der Waals surface area contributed by atoms with Crippen LogP contribution in [0.15, 0.2) is 12.1 Å². The van der Waals surface area contributed by atoms with Gasteiger partial charge in [0.25, 0.3) is 0 Å². The number of carboxylic acid groups (broad SMARTS) is 1. The Balaban J connectivity index is 2.60. The highest BCUT2D eigenvalue weighted by Gasteiger charge is 2.48. The maximum absolute atomic E-state index is 11.7. The van der Waals surface area contributed by atoms with Crippen molar-refractivity contribution >= 4 is 17.6 Å². The topological polar surface area (TPSA) is 55.8 Å². The van der Waals surface area contributed by atoms with Crippen molar-refractivity contribution in [2.75, 3.05) is 7.11 Å². The molecular weight excluding hydrogens is 280 g/mol. The molecule has 110 valence electrons. The monoisotopic (exact) mass is 298 g/mol. The van der Waals surface area contributed by atoms with E-state index < -0.39 is 11.4 Å². The molecule has 5 heteroatoms. The lowest BCUT2D eigenvalue weighted by atomic mass is 9.64. The van der Waals surface area contributed by atoms with E-state index in [2.05, 4.69) is 0 Å². The number of hydrogen-bond acceptors (Lipinski definition) is 3. The van der Waals surface area contributed by atoms with E-state index in [4.69, 9.17) is 21.1 Å². The van der Waals surface area contributed by atoms with Gasteiger partial charge >= 0.3 is 5.97 Å². The van der Waals surface area contributed by atoms with Crippen molar-refractivity contribution in [3.05, 3.63) is 22.7 Å². The molecule has 1 aliphatic carbocycles. The van der Waals surface area contributed by atoms with Crippen LogP contribution in [0.3, 0.4) is 0 Å². The minimum atomic E-state index is -0.900. The molecule has 0 aromatic heterocycles. The highest BCUT2D eigenvalue weighted by molar-refractivity contribution is 6.31. The van der Waals surface area contributed by atoms with Gasteiger partial charge in [-0.05, 0) is 32.8 Å². The van der Waals surface area contributed by atoms with Crippen molar-refractivity contribution in [3.63, 3.8) is 0 Å². The summed E-state index contributed by atoms with van der Waals surface area (Å²) in [4.78, 5) is 11.7. The fourth-order valence-corrected chi connectivity index (χ4v) is 2.77. The molecule has 0 bridgehead atoms. The van der Waals surface area contributed by atoms with Crippen LogP contribution in [-0.4, -0.2) is 24.3 Å². The second kappa shape index (κ2) is 5.52. The summed E-state index contributed by atoms with van der Waals surface area (Å²) in [6, 6.07) is 3.34. The molecule has 0 spiro atoms. The number of carbonyl (C=O) groups is 1. The predicted molar refractivity (Wildman–Crippen MR) is 76.9 cm³/mol. The first-order chi connectivity index (χ1) is 9.40. The molecule has 0 radical (unpaired) electrons. The minimum Gasteiger partial charge on any atom is -0.493 e. The van der Waals surface area contributed by atoms with Crippen LogP contribution in [0.25, 0.3) is 0 Å². The molecule has 1 aliphatic rings. The molecule has 0 unspecified atom stereocenters. The van der Waals surface area contributed by atoms with Crippen LogP contribution < -0.4 is 9.47 Å². The van der Waals surface area contributed by atoms with Crippen molar-refractivity contribution in [3.8, 4) is 11.5 Å². The van der Waals surface area contributed by atoms with Gasteiger partial charge in [-0.1, -0.05) is 18.0 Å². The van der Waals surface area contributed by atoms with E-state index in [9.17, 15) is 9.90 Å². The van der Waals surface area contributed by atoms with Crippen LogP contribution in [0.5, 0.6) is 11.5 Å². The van der Waals surface area contributed by atoms with Gasteiger partial charge in [-0.25, -0.2) is 0 Å². The Morgan fingerprint density at radius 1 is 1.40 bits per heavy atom. The van der Waals surface area contributed by atoms with Crippen molar-refractivity contribution in [2.45, 2.75) is 44.6 Å². The van der Waals surface area contributed by atoms with Crippen LogP contribution >= 0.6 is 11.6 Å². The zero-order chi connectivity index (χ0) is 14.9. The van der Waals surface area contributed by atoms with Crippen molar-refractivity contribution < 1.29 is 19.4 Å². The number of halogens is 1. The molecule has 1 saturated carbocycles. The molecule has 0 heterocycles. The number of carboxylic acids is 1. The summed E-state index contributed by atoms with van der Waals surface area (Å²) >= 11 is 6.10. The third kappa shape index (κ3) is 2.44. The standard InChI is InChI=1S/C15H19ClO4/c1-9(2)20-13-11(7-10(16)8-12(13)19-3)15(14(17)18)5-4-6-15/h7-9H,4-6H2,1-3H3,(H,17,18). The summed E-state index contributed by atoms with van der Waals surface area (Å²) in [5.41, 5.74) is -0.281. The Kier molecular flexibility index (Phi) is 4.14. The average Bonchev–Trinajstić information content (AvgIpc) is 2.29. The Labute approximate surface area is 123 Å². The van der Waals surface area contributed by atoms with Crippen LogP contribution in [0.1, 0.15) is 38.7 Å². The highest BCUT2D eigenvalue weighted by atomic mass is 35.5. The Morgan fingerprint density at radius 2 is 2.05 bits per heavy atom. The first-order valence-corrected chi connectivity index (χ1v) is 7.06. The first kappa shape index (κ1) is 15.0. The van der Waals surface area contributed by atoms with Gasteiger partial charge < -0.3 is 14.6 Å². The number of methoxy groups -OCH3 is 1. The molecule has 4 nitrogen and oxygen atoms in total. The molecule has 0 atom stereocenters. The lowest BCUT2D eigenvalue weighted by molar-refractivity contribution is -0.147. The zero-order valence-corrected chi connectivity index (χ0v) is 12.7. The normalized spacial score (nSPS) is 16.6. The third-order valence-corrected chi connectivity index (χ3v) is 3.94. The van der Waals surface area contributed by atoms with E-state index in [1.54, 1.807) is 12.1 Å². The lowest BCUT2D eigenvalue weighted by Crippen LogP contribution is -2.42. The molecule has 1 aromatic rings. The van der Waals surface area contributed by atoms with Gasteiger partial charge in [0.05, 0.1) is 18.6 Å². The van der Waals surface area contributed by atoms with Gasteiger partial charge in [0.2, 0.25) is 0 Å². The van der Waals surface area contributed by atoms with Crippen LogP contribution in [0.2, 0.25) is 5.02 Å². The fraction of sp³-hybridized carbons (Fsp3) is 0.533. The van der Waals surface area contributed by atoms with E-state index >= 15 is 0 Å². The van der Waals surface area contributed by atoms with Gasteiger partial charge in [0.15, 0.2) is 11.5 Å². The summed E-state index contributed by atoms with van der Waals surface area (Å²) in [5.74, 6) is 0.143. The molecule has 1 N–H and O–H groups in total. The molecule has 2 rings (SSSR count). The molecule has 0 amide bonds. The SMILES string of the molecule is COc1cc(Cl)cc(C2(C(=O)O)CCC2)c1OC(C)C. The maximum Gasteiger partial charge on any atom is 0.314 e. The Hall–Kier alpha value is -1.42. The molecule has 0 saturated heterocycles. The number of rotatable bonds is 5. The molecule has 20 heavy (non-hydrogen) atoms. The van der Waals surface area contributed by atoms with Crippen LogP contribution in [-0.2, 0) is 10.2 Å². The Bertz CT molecular complexity index is 521. The quantitative estimate of drug-likeness (QED) is 0.901. The molecule has 1 fully saturated rings. The highest BCUT2D eigenvalue weighted by Crippen LogP contribution is 2.51. The van der Waals surface area contributed by atoms with Gasteiger partial charge in [0.1, 0.15) is 0 Å². The van der Waals surface area contributed by atoms with Gasteiger partial charge in [-0.2, -0.15) is 0 Å². The minimum absolute atomic E-state index is 0.0743. The summed E-state index contributed by atoms with van der Waals surface area (Å²) < 4.78 is 11.1. The summed E-state index contributed by atoms with van der Waals surface area (Å²) in [5, 5.41) is 10.1. The van der Waals surface area contributed by atoms with Crippen LogP contribution in [0.4, 0.5) is 0 Å². The molecule has 0 aliphatic heterocycles. The average molecular weight is 299 g/mol. The molecule has 1 aromatic carbocycles. The molecular formula is C15H19ClO4. The summed E-state index contributed by atoms with van der Waals surface area (Å²) in [6.45, 7) is 3.79. The number of benzene rings is 1. The van der Waals surface area contributed by atoms with E-state index in [0.717, 1.165) is 6.42 Å². The van der Waals surface area contributed by atoms with Crippen molar-refractivity contribution in [2.24, 2.45) is 0 Å². The van der Waals surface area contributed by atoms with E-state index in [1.165, 1.54) is 7.11 Å². The van der Waals surface area contributed by atoms with Gasteiger partial charge in [0, 0.05) is 16.7 Å². The van der Waals surface area contributed by atoms with Crippen LogP contribution in [0, 0.1) is 0 Å². The van der Waals surface area contributed by atoms with Gasteiger partial charge in [-0.3, -0.25) is 4.79 Å². The summed E-state index contributed by atoms with van der Waals surface area (Å²) in [6.07, 6.45) is 2.01. The first-order valence-electron chi connectivity index (χ1n) is 6.69. The Morgan fingerprint density at radius 3 is 2.45 bits per heavy atom. The predicted octanol–water partition coefficient (Wildman–Crippen LogP) is 3.64. The van der Waals surface area contributed by atoms with E-state index in [0.29, 0.717) is 34.9 Å². The number of aliphatic carboxylic acids is 1. The van der Waals surface area contributed by atoms with Crippen molar-refractivity contribution in [1.82, 2.24) is 0 Å². The van der Waals surface area contributed by atoms with E-state index in [-0.39, 0.29) is 6.10 Å². The third-order valence-electron chi connectivity index (χ3n) is 3.73. The maximum atomic E-state index is 11.7. The zero-order valence-electron chi connectivity index (χ0n) is 11.9. The largest absolute Gasteiger partial charge is 0.493 e. The summed E-state index contributed by atoms with van der Waals surface area (Å²) in [7, 11) is 1.52. The second-order valence-electron chi connectivity index (χ2n) is 5.39. The fourth-order valence-electron chi connectivity index (χ4n) is 2.56.